The van der Waals surface area contributed by atoms with Crippen LogP contribution in [0.25, 0.3) is 0 Å². The molecule has 1 amide bonds. The third-order valence-corrected chi connectivity index (χ3v) is 7.48. The summed E-state index contributed by atoms with van der Waals surface area (Å²) in [5.41, 5.74) is -0.609. The number of piperidine rings is 1. The third-order valence-electron chi connectivity index (χ3n) is 6.39. The quantitative estimate of drug-likeness (QED) is 0.714. The van der Waals surface area contributed by atoms with Gasteiger partial charge < -0.3 is 20.0 Å². The zero-order valence-electron chi connectivity index (χ0n) is 14.7. The summed E-state index contributed by atoms with van der Waals surface area (Å²) in [6.45, 7) is 3.93. The highest BCUT2D eigenvalue weighted by Gasteiger charge is 2.44. The van der Waals surface area contributed by atoms with Crippen LogP contribution in [0.15, 0.2) is 0 Å². The molecule has 0 aromatic carbocycles. The van der Waals surface area contributed by atoms with Crippen LogP contribution in [0.1, 0.15) is 38.5 Å². The number of alkyl halides is 2. The monoisotopic (exact) mass is 392 g/mol. The molecule has 1 aliphatic carbocycles. The molecule has 0 aromatic heterocycles. The van der Waals surface area contributed by atoms with Crippen LogP contribution in [0, 0.1) is 11.3 Å². The molecule has 5 nitrogen and oxygen atoms in total. The van der Waals surface area contributed by atoms with Crippen molar-refractivity contribution in [3.8, 4) is 0 Å². The van der Waals surface area contributed by atoms with Crippen LogP contribution in [0.5, 0.6) is 0 Å². The molecule has 3 rings (SSSR count). The number of carbonyl (C=O) groups excluding carboxylic acids is 1. The zero-order valence-corrected chi connectivity index (χ0v) is 16.3. The Kier molecular flexibility index (Phi) is 6.54. The van der Waals surface area contributed by atoms with Gasteiger partial charge in [-0.1, -0.05) is 0 Å². The standard InChI is InChI=1S/C18H30Cl2N2O3/c19-14-9-13(16(24)10-15(14)20)11-21-7-3-18(12-23,4-8-21)17(25)22-5-1-2-6-22/h13-16,23-24H,1-12H2. The minimum absolute atomic E-state index is 0.0695. The molecule has 2 N–H and O–H groups in total. The van der Waals surface area contributed by atoms with E-state index < -0.39 is 11.5 Å². The van der Waals surface area contributed by atoms with Crippen molar-refractivity contribution in [2.45, 2.75) is 55.4 Å². The Hall–Kier alpha value is -0.0700. The van der Waals surface area contributed by atoms with Crippen molar-refractivity contribution < 1.29 is 15.0 Å². The first kappa shape index (κ1) is 19.7. The van der Waals surface area contributed by atoms with E-state index in [-0.39, 0.29) is 29.2 Å². The highest BCUT2D eigenvalue weighted by molar-refractivity contribution is 6.30. The van der Waals surface area contributed by atoms with Gasteiger partial charge in [0.1, 0.15) is 0 Å². The lowest BCUT2D eigenvalue weighted by Crippen LogP contribution is -2.53. The predicted molar refractivity (Wildman–Crippen MR) is 99.0 cm³/mol. The van der Waals surface area contributed by atoms with Crippen LogP contribution in [0.3, 0.4) is 0 Å². The Balaban J connectivity index is 1.54. The Labute approximate surface area is 160 Å². The van der Waals surface area contributed by atoms with E-state index >= 15 is 0 Å². The topological polar surface area (TPSA) is 64.0 Å². The lowest BCUT2D eigenvalue weighted by atomic mass is 9.77. The van der Waals surface area contributed by atoms with Gasteiger partial charge >= 0.3 is 0 Å². The zero-order chi connectivity index (χ0) is 18.0. The predicted octanol–water partition coefficient (Wildman–Crippen LogP) is 1.67. The summed E-state index contributed by atoms with van der Waals surface area (Å²) in [6.07, 6.45) is 4.37. The van der Waals surface area contributed by atoms with Gasteiger partial charge in [0, 0.05) is 19.6 Å². The fourth-order valence-corrected chi connectivity index (χ4v) is 5.17. The molecule has 144 valence electrons. The second kappa shape index (κ2) is 8.30. The van der Waals surface area contributed by atoms with E-state index in [1.54, 1.807) is 0 Å². The van der Waals surface area contributed by atoms with E-state index in [2.05, 4.69) is 4.90 Å². The van der Waals surface area contributed by atoms with Crippen molar-refractivity contribution in [2.75, 3.05) is 39.3 Å². The average molecular weight is 393 g/mol. The van der Waals surface area contributed by atoms with Crippen molar-refractivity contribution >= 4 is 29.1 Å². The molecule has 4 unspecified atom stereocenters. The average Bonchev–Trinajstić information content (AvgIpc) is 3.14. The summed E-state index contributed by atoms with van der Waals surface area (Å²) in [4.78, 5) is 17.1. The second-order valence-corrected chi connectivity index (χ2v) is 9.19. The van der Waals surface area contributed by atoms with Crippen LogP contribution >= 0.6 is 23.2 Å². The second-order valence-electron chi connectivity index (χ2n) is 8.07. The summed E-state index contributed by atoms with van der Waals surface area (Å²) >= 11 is 12.4. The lowest BCUT2D eigenvalue weighted by molar-refractivity contribution is -0.147. The van der Waals surface area contributed by atoms with Crippen molar-refractivity contribution in [1.82, 2.24) is 9.80 Å². The van der Waals surface area contributed by atoms with Gasteiger partial charge in [0.2, 0.25) is 5.91 Å². The fraction of sp³-hybridized carbons (Fsp3) is 0.944. The molecule has 7 heteroatoms. The van der Waals surface area contributed by atoms with E-state index in [9.17, 15) is 15.0 Å². The minimum Gasteiger partial charge on any atom is -0.395 e. The molecule has 0 spiro atoms. The molecule has 3 fully saturated rings. The number of carbonyl (C=O) groups is 1. The van der Waals surface area contributed by atoms with Gasteiger partial charge in [-0.15, -0.1) is 23.2 Å². The van der Waals surface area contributed by atoms with Crippen molar-refractivity contribution in [1.29, 1.82) is 0 Å². The highest BCUT2D eigenvalue weighted by atomic mass is 35.5. The lowest BCUT2D eigenvalue weighted by Gasteiger charge is -2.43. The van der Waals surface area contributed by atoms with Crippen LogP contribution in [0.4, 0.5) is 0 Å². The number of hydrogen-bond acceptors (Lipinski definition) is 4. The largest absolute Gasteiger partial charge is 0.395 e. The van der Waals surface area contributed by atoms with E-state index in [1.165, 1.54) is 0 Å². The first-order valence-corrected chi connectivity index (χ1v) is 10.4. The van der Waals surface area contributed by atoms with E-state index in [0.717, 1.165) is 52.0 Å². The van der Waals surface area contributed by atoms with Crippen molar-refractivity contribution in [3.63, 3.8) is 0 Å². The number of halogens is 2. The van der Waals surface area contributed by atoms with Gasteiger partial charge in [-0.2, -0.15) is 0 Å². The molecular formula is C18H30Cl2N2O3. The molecule has 2 heterocycles. The van der Waals surface area contributed by atoms with E-state index in [0.29, 0.717) is 19.3 Å². The Morgan fingerprint density at radius 2 is 1.64 bits per heavy atom. The molecule has 2 saturated heterocycles. The van der Waals surface area contributed by atoms with Gasteiger partial charge in [0.05, 0.1) is 28.9 Å². The molecule has 0 aromatic rings. The molecule has 2 aliphatic heterocycles. The third kappa shape index (κ3) is 4.27. The first-order chi connectivity index (χ1) is 11.9. The van der Waals surface area contributed by atoms with Gasteiger partial charge in [0.25, 0.3) is 0 Å². The fourth-order valence-electron chi connectivity index (χ4n) is 4.55. The number of amides is 1. The Bertz CT molecular complexity index is 465. The molecule has 0 bridgehead atoms. The Morgan fingerprint density at radius 1 is 1.04 bits per heavy atom. The van der Waals surface area contributed by atoms with Gasteiger partial charge in [-0.25, -0.2) is 0 Å². The minimum atomic E-state index is -0.609. The number of hydrogen-bond donors (Lipinski definition) is 2. The maximum Gasteiger partial charge on any atom is 0.231 e. The van der Waals surface area contributed by atoms with Crippen LogP contribution in [-0.2, 0) is 4.79 Å². The Morgan fingerprint density at radius 3 is 2.24 bits per heavy atom. The van der Waals surface area contributed by atoms with Crippen LogP contribution in [0.2, 0.25) is 0 Å². The molecule has 0 radical (unpaired) electrons. The maximum atomic E-state index is 12.9. The first-order valence-electron chi connectivity index (χ1n) is 9.54. The highest BCUT2D eigenvalue weighted by Crippen LogP contribution is 2.37. The maximum absolute atomic E-state index is 12.9. The smallest absolute Gasteiger partial charge is 0.231 e. The normalized spacial score (nSPS) is 36.6. The molecule has 25 heavy (non-hydrogen) atoms. The molecule has 1 saturated carbocycles. The number of rotatable bonds is 4. The van der Waals surface area contributed by atoms with E-state index in [1.807, 2.05) is 4.90 Å². The summed E-state index contributed by atoms with van der Waals surface area (Å²) < 4.78 is 0. The number of aliphatic hydroxyl groups excluding tert-OH is 2. The van der Waals surface area contributed by atoms with Gasteiger partial charge in [-0.05, 0) is 57.5 Å². The summed E-state index contributed by atoms with van der Waals surface area (Å²) in [6, 6.07) is 0. The number of likely N-dealkylation sites (tertiary alicyclic amines) is 2. The SMILES string of the molecule is O=C(N1CCCC1)C1(CO)CCN(CC2CC(Cl)C(Cl)CC2O)CC1. The summed E-state index contributed by atoms with van der Waals surface area (Å²) in [5, 5.41) is 20.0. The van der Waals surface area contributed by atoms with Crippen LogP contribution < -0.4 is 0 Å². The van der Waals surface area contributed by atoms with Crippen molar-refractivity contribution in [3.05, 3.63) is 0 Å². The van der Waals surface area contributed by atoms with Gasteiger partial charge in [0.15, 0.2) is 0 Å². The molecule has 4 atom stereocenters. The molecular weight excluding hydrogens is 363 g/mol. The number of aliphatic hydroxyl groups is 2. The van der Waals surface area contributed by atoms with E-state index in [4.69, 9.17) is 23.2 Å². The van der Waals surface area contributed by atoms with Crippen molar-refractivity contribution in [2.24, 2.45) is 11.3 Å². The summed E-state index contributed by atoms with van der Waals surface area (Å²) in [7, 11) is 0. The molecule has 3 aliphatic rings. The summed E-state index contributed by atoms with van der Waals surface area (Å²) in [5.74, 6) is 0.268. The number of nitrogens with zero attached hydrogens (tertiary/aromatic N) is 2. The van der Waals surface area contributed by atoms with Crippen LogP contribution in [-0.4, -0.2) is 82.1 Å². The van der Waals surface area contributed by atoms with Gasteiger partial charge in [-0.3, -0.25) is 4.79 Å².